The highest BCUT2D eigenvalue weighted by Gasteiger charge is 2.46. The Kier molecular flexibility index (Phi) is 11.7. The minimum absolute atomic E-state index is 0.254. The Balaban J connectivity index is 1.88. The molecule has 0 aliphatic carbocycles. The fourth-order valence-corrected chi connectivity index (χ4v) is 7.03. The molecule has 0 bridgehead atoms. The van der Waals surface area contributed by atoms with Gasteiger partial charge in [0.1, 0.15) is 29.2 Å². The molecule has 4 atom stereocenters. The molecule has 236 valence electrons. The molecular weight excluding hydrogens is 569 g/mol. The van der Waals surface area contributed by atoms with Gasteiger partial charge in [0.15, 0.2) is 5.78 Å². The lowest BCUT2D eigenvalue weighted by atomic mass is 10.0. The number of alkyl carbamates (subject to hydrolysis) is 1. The molecule has 3 rings (SSSR count). The fourth-order valence-electron chi connectivity index (χ4n) is 4.82. The highest BCUT2D eigenvalue weighted by molar-refractivity contribution is 7.55. The normalized spacial score (nSPS) is 17.5. The number of rotatable bonds is 12. The first-order valence-electron chi connectivity index (χ1n) is 14.9. The quantitative estimate of drug-likeness (QED) is 0.266. The van der Waals surface area contributed by atoms with Crippen LogP contribution in [0.2, 0.25) is 0 Å². The second-order valence-corrected chi connectivity index (χ2v) is 14.2. The van der Waals surface area contributed by atoms with Gasteiger partial charge in [0.05, 0.1) is 0 Å². The van der Waals surface area contributed by atoms with Crippen LogP contribution in [0.4, 0.5) is 4.79 Å². The summed E-state index contributed by atoms with van der Waals surface area (Å²) in [4.78, 5) is 41.6. The predicted octanol–water partition coefficient (Wildman–Crippen LogP) is 6.37. The van der Waals surface area contributed by atoms with Crippen LogP contribution in [0.25, 0.3) is 0 Å². The van der Waals surface area contributed by atoms with Crippen LogP contribution in [0, 0.1) is 11.8 Å². The van der Waals surface area contributed by atoms with Crippen LogP contribution in [-0.2, 0) is 18.9 Å². The van der Waals surface area contributed by atoms with Crippen molar-refractivity contribution in [3.63, 3.8) is 0 Å². The molecule has 3 amide bonds. The third-order valence-electron chi connectivity index (χ3n) is 7.21. The molecule has 10 nitrogen and oxygen atoms in total. The Morgan fingerprint density at radius 3 is 1.93 bits per heavy atom. The second-order valence-electron chi connectivity index (χ2n) is 12.2. The van der Waals surface area contributed by atoms with E-state index in [9.17, 15) is 18.9 Å². The van der Waals surface area contributed by atoms with E-state index >= 15 is 0 Å². The largest absolute Gasteiger partial charge is 0.453 e. The van der Waals surface area contributed by atoms with Crippen molar-refractivity contribution in [2.45, 2.75) is 91.2 Å². The monoisotopic (exact) mass is 615 g/mol. The molecule has 1 aliphatic heterocycles. The van der Waals surface area contributed by atoms with E-state index in [-0.39, 0.29) is 17.7 Å². The fraction of sp³-hybridized carbons (Fsp3) is 0.531. The standard InChI is InChI=1S/C32H46N3O7P/c1-8-23(4)29(43(39,41-24-16-11-9-12-17-24)42-25-18-13-10-14-19-25)34-28(36)26-20-15-21-35(26)30(37)27(22(2)3)33-31(38)40-32(5,6)7/h9-14,16-19,22-23,26-27,29H,8,15,20-21H2,1-7H3,(H,33,38)(H,34,36)/t23?,26-,27-,29?/m0/s1. The van der Waals surface area contributed by atoms with Crippen molar-refractivity contribution < 1.29 is 32.7 Å². The number of carbonyl (C=O) groups is 3. The Morgan fingerprint density at radius 1 is 0.930 bits per heavy atom. The summed E-state index contributed by atoms with van der Waals surface area (Å²) in [6, 6.07) is 15.7. The summed E-state index contributed by atoms with van der Waals surface area (Å²) < 4.78 is 32.1. The van der Waals surface area contributed by atoms with Gasteiger partial charge in [0.25, 0.3) is 0 Å². The predicted molar refractivity (Wildman–Crippen MR) is 166 cm³/mol. The van der Waals surface area contributed by atoms with Crippen LogP contribution in [-0.4, -0.2) is 52.8 Å². The molecule has 0 saturated carbocycles. The third-order valence-corrected chi connectivity index (χ3v) is 9.46. The Morgan fingerprint density at radius 2 is 1.47 bits per heavy atom. The first-order valence-corrected chi connectivity index (χ1v) is 16.5. The molecular formula is C32H46N3O7P. The lowest BCUT2D eigenvalue weighted by Crippen LogP contribution is -2.56. The van der Waals surface area contributed by atoms with Crippen molar-refractivity contribution in [1.82, 2.24) is 15.5 Å². The summed E-state index contributed by atoms with van der Waals surface area (Å²) in [5.74, 6) is -1.71. The number of ether oxygens (including phenoxy) is 1. The van der Waals surface area contributed by atoms with E-state index in [0.29, 0.717) is 37.3 Å². The van der Waals surface area contributed by atoms with Gasteiger partial charge in [0, 0.05) is 6.54 Å². The minimum Gasteiger partial charge on any atom is -0.444 e. The number of likely N-dealkylation sites (tertiary alicyclic amines) is 1. The highest BCUT2D eigenvalue weighted by atomic mass is 31.2. The Hall–Kier alpha value is -3.52. The van der Waals surface area contributed by atoms with Crippen molar-refractivity contribution in [3.8, 4) is 11.5 Å². The van der Waals surface area contributed by atoms with Crippen LogP contribution >= 0.6 is 7.60 Å². The van der Waals surface area contributed by atoms with E-state index < -0.39 is 43.1 Å². The maximum absolute atomic E-state index is 14.7. The molecule has 1 heterocycles. The molecule has 1 fully saturated rings. The average Bonchev–Trinajstić information content (AvgIpc) is 3.44. The third kappa shape index (κ3) is 9.48. The smallest absolute Gasteiger partial charge is 0.444 e. The van der Waals surface area contributed by atoms with Crippen molar-refractivity contribution in [2.24, 2.45) is 11.8 Å². The summed E-state index contributed by atoms with van der Waals surface area (Å²) in [5, 5.41) is 5.65. The van der Waals surface area contributed by atoms with Crippen molar-refractivity contribution in [1.29, 1.82) is 0 Å². The number of hydrogen-bond acceptors (Lipinski definition) is 7. The summed E-state index contributed by atoms with van der Waals surface area (Å²) in [7, 11) is -4.07. The van der Waals surface area contributed by atoms with Gasteiger partial charge in [-0.1, -0.05) is 70.5 Å². The molecule has 0 aromatic heterocycles. The van der Waals surface area contributed by atoms with Gasteiger partial charge >= 0.3 is 13.7 Å². The molecule has 0 radical (unpaired) electrons. The number of para-hydroxylation sites is 2. The van der Waals surface area contributed by atoms with Crippen molar-refractivity contribution in [2.75, 3.05) is 6.54 Å². The van der Waals surface area contributed by atoms with Gasteiger partial charge < -0.3 is 29.3 Å². The molecule has 2 aromatic rings. The molecule has 2 unspecified atom stereocenters. The van der Waals surface area contributed by atoms with Gasteiger partial charge in [-0.25, -0.2) is 9.36 Å². The van der Waals surface area contributed by atoms with E-state index in [1.54, 1.807) is 69.3 Å². The molecule has 43 heavy (non-hydrogen) atoms. The summed E-state index contributed by atoms with van der Waals surface area (Å²) in [6.07, 6.45) is 0.904. The molecule has 11 heteroatoms. The van der Waals surface area contributed by atoms with Crippen LogP contribution in [0.3, 0.4) is 0 Å². The molecule has 0 spiro atoms. The summed E-state index contributed by atoms with van der Waals surface area (Å²) in [5.41, 5.74) is -0.729. The number of hydrogen-bond donors (Lipinski definition) is 2. The first-order chi connectivity index (χ1) is 20.2. The molecule has 2 N–H and O–H groups in total. The number of nitrogens with one attached hydrogen (secondary N) is 2. The highest BCUT2D eigenvalue weighted by Crippen LogP contribution is 2.54. The second kappa shape index (κ2) is 14.8. The maximum atomic E-state index is 14.7. The zero-order valence-electron chi connectivity index (χ0n) is 26.2. The minimum atomic E-state index is -4.07. The van der Waals surface area contributed by atoms with Crippen molar-refractivity contribution in [3.05, 3.63) is 60.7 Å². The molecule has 1 saturated heterocycles. The van der Waals surface area contributed by atoms with Crippen LogP contribution < -0.4 is 19.7 Å². The number of carbonyl (C=O) groups excluding carboxylic acids is 3. The lowest BCUT2D eigenvalue weighted by Gasteiger charge is -2.34. The number of amides is 3. The van der Waals surface area contributed by atoms with E-state index in [1.165, 1.54) is 4.90 Å². The van der Waals surface area contributed by atoms with E-state index in [0.717, 1.165) is 0 Å². The van der Waals surface area contributed by atoms with E-state index in [2.05, 4.69) is 10.6 Å². The van der Waals surface area contributed by atoms with Crippen LogP contribution in [0.1, 0.15) is 67.7 Å². The Labute approximate surface area is 255 Å². The molecule has 2 aromatic carbocycles. The maximum Gasteiger partial charge on any atom is 0.453 e. The van der Waals surface area contributed by atoms with Crippen molar-refractivity contribution >= 4 is 25.5 Å². The summed E-state index contributed by atoms with van der Waals surface area (Å²) in [6.45, 7) is 13.0. The van der Waals surface area contributed by atoms with Gasteiger partial charge in [-0.05, 0) is 69.7 Å². The molecule has 1 aliphatic rings. The average molecular weight is 616 g/mol. The zero-order valence-corrected chi connectivity index (χ0v) is 27.1. The topological polar surface area (TPSA) is 123 Å². The first kappa shape index (κ1) is 34.0. The van der Waals surface area contributed by atoms with E-state index in [4.69, 9.17) is 13.8 Å². The summed E-state index contributed by atoms with van der Waals surface area (Å²) >= 11 is 0. The van der Waals surface area contributed by atoms with Gasteiger partial charge in [-0.3, -0.25) is 9.59 Å². The van der Waals surface area contributed by atoms with Gasteiger partial charge in [-0.15, -0.1) is 0 Å². The Bertz CT molecular complexity index is 1220. The zero-order chi connectivity index (χ0) is 31.8. The van der Waals surface area contributed by atoms with Gasteiger partial charge in [0.2, 0.25) is 11.8 Å². The number of nitrogens with zero attached hydrogens (tertiary/aromatic N) is 1. The van der Waals surface area contributed by atoms with Gasteiger partial charge in [-0.2, -0.15) is 0 Å². The van der Waals surface area contributed by atoms with Crippen LogP contribution in [0.5, 0.6) is 11.5 Å². The van der Waals surface area contributed by atoms with Crippen LogP contribution in [0.15, 0.2) is 60.7 Å². The lowest BCUT2D eigenvalue weighted by molar-refractivity contribution is -0.141. The number of benzene rings is 2. The van der Waals surface area contributed by atoms with E-state index in [1.807, 2.05) is 39.8 Å². The SMILES string of the molecule is CCC(C)C(NC(=O)[C@@H]1CCCN1C(=O)[C@@H](NC(=O)OC(C)(C)C)C(C)C)P(=O)(Oc1ccccc1)Oc1ccccc1.